The molecule has 96 heavy (non-hydrogen) atoms. The number of aliphatic carboxylic acids is 1. The van der Waals surface area contributed by atoms with Crippen molar-refractivity contribution in [3.63, 3.8) is 0 Å². The number of carbonyl (C=O) groups excluding carboxylic acids is 3. The SMILES string of the molecule is Cc1ccc2c(c1)C1(c3ccccc3-2)c2ccccc2-c2ccc(OCCOC(=O)c3cc(-c4ccc(C(=O)OCCOc5ccc6c(c5)C5(c7ccccc7-6)c6ccccc6-c6ccc(OCCOC(=O)C7CC=CCC7C(=O)O)cc65)c(C(=O)O)c4)ccc3C(=O)O)cc21. The first-order chi connectivity index (χ1) is 46.7. The van der Waals surface area contributed by atoms with Gasteiger partial charge in [-0.25, -0.2) is 19.2 Å². The van der Waals surface area contributed by atoms with Crippen LogP contribution in [0.2, 0.25) is 0 Å². The minimum Gasteiger partial charge on any atom is -0.490 e. The van der Waals surface area contributed by atoms with Crippen molar-refractivity contribution >= 4 is 35.8 Å². The average molecular weight is 1270 g/mol. The summed E-state index contributed by atoms with van der Waals surface area (Å²) in [6, 6.07) is 65.9. The average Bonchev–Trinajstić information content (AvgIpc) is 1.52. The van der Waals surface area contributed by atoms with Crippen LogP contribution in [0.4, 0.5) is 0 Å². The summed E-state index contributed by atoms with van der Waals surface area (Å²) in [5.41, 5.74) is 16.4. The van der Waals surface area contributed by atoms with E-state index in [-0.39, 0.29) is 79.4 Å². The van der Waals surface area contributed by atoms with Gasteiger partial charge in [-0.1, -0.05) is 163 Å². The molecule has 4 atom stereocenters. The molecule has 0 fully saturated rings. The van der Waals surface area contributed by atoms with Crippen LogP contribution in [-0.2, 0) is 34.6 Å². The van der Waals surface area contributed by atoms with Gasteiger partial charge in [-0.05, 0) is 181 Å². The largest absolute Gasteiger partial charge is 0.490 e. The number of aromatic carboxylic acids is 2. The van der Waals surface area contributed by atoms with Crippen LogP contribution >= 0.6 is 0 Å². The topological polar surface area (TPSA) is 218 Å². The summed E-state index contributed by atoms with van der Waals surface area (Å²) in [5, 5.41) is 30.4. The van der Waals surface area contributed by atoms with Crippen molar-refractivity contribution < 1.29 is 72.5 Å². The molecule has 10 aromatic rings. The second-order valence-corrected chi connectivity index (χ2v) is 24.5. The Labute approximate surface area is 551 Å². The Kier molecular flexibility index (Phi) is 15.3. The van der Waals surface area contributed by atoms with E-state index in [1.165, 1.54) is 64.2 Å². The zero-order valence-electron chi connectivity index (χ0n) is 51.8. The van der Waals surface area contributed by atoms with E-state index in [9.17, 15) is 44.1 Å². The van der Waals surface area contributed by atoms with Crippen molar-refractivity contribution in [1.82, 2.24) is 0 Å². The fourth-order valence-corrected chi connectivity index (χ4v) is 15.3. The van der Waals surface area contributed by atoms with Gasteiger partial charge in [0.05, 0.1) is 44.9 Å². The summed E-state index contributed by atoms with van der Waals surface area (Å²) in [5.74, 6) is -6.27. The molecular formula is C81H60O15. The molecule has 0 saturated carbocycles. The number of aryl methyl sites for hydroxylation is 1. The molecule has 15 rings (SSSR count). The molecule has 0 radical (unpaired) electrons. The predicted octanol–water partition coefficient (Wildman–Crippen LogP) is 14.8. The Morgan fingerprint density at radius 3 is 1.16 bits per heavy atom. The Morgan fingerprint density at radius 2 is 0.719 bits per heavy atom. The van der Waals surface area contributed by atoms with Crippen molar-refractivity contribution in [1.29, 1.82) is 0 Å². The summed E-state index contributed by atoms with van der Waals surface area (Å²) in [4.78, 5) is 77.8. The molecule has 0 aliphatic heterocycles. The third-order valence-electron chi connectivity index (χ3n) is 19.3. The normalized spacial score (nSPS) is 17.4. The molecule has 10 aromatic carbocycles. The zero-order valence-corrected chi connectivity index (χ0v) is 51.8. The van der Waals surface area contributed by atoms with Gasteiger partial charge in [-0.2, -0.15) is 0 Å². The van der Waals surface area contributed by atoms with Gasteiger partial charge < -0.3 is 43.7 Å². The number of hydrogen-bond donors (Lipinski definition) is 3. The summed E-state index contributed by atoms with van der Waals surface area (Å²) in [6.07, 6.45) is 4.14. The molecule has 0 amide bonds. The second kappa shape index (κ2) is 24.2. The van der Waals surface area contributed by atoms with E-state index in [4.69, 9.17) is 28.4 Å². The van der Waals surface area contributed by atoms with Crippen LogP contribution in [0.15, 0.2) is 218 Å². The van der Waals surface area contributed by atoms with E-state index in [2.05, 4.69) is 104 Å². The van der Waals surface area contributed by atoms with Gasteiger partial charge >= 0.3 is 35.8 Å². The van der Waals surface area contributed by atoms with Crippen LogP contribution in [-0.4, -0.2) is 90.8 Å². The number of hydrogen-bond acceptors (Lipinski definition) is 12. The fraction of sp³-hybridized carbons (Fsp3) is 0.160. The van der Waals surface area contributed by atoms with Crippen LogP contribution in [0.3, 0.4) is 0 Å². The molecule has 0 heterocycles. The highest BCUT2D eigenvalue weighted by Gasteiger charge is 2.54. The van der Waals surface area contributed by atoms with Crippen LogP contribution in [0.5, 0.6) is 17.2 Å². The summed E-state index contributed by atoms with van der Waals surface area (Å²) in [7, 11) is 0. The molecule has 0 saturated heterocycles. The van der Waals surface area contributed by atoms with Gasteiger partial charge in [-0.3, -0.25) is 9.59 Å². The highest BCUT2D eigenvalue weighted by Crippen LogP contribution is 2.65. The molecule has 0 bridgehead atoms. The lowest BCUT2D eigenvalue weighted by Crippen LogP contribution is -2.33. The number of esters is 3. The Balaban J connectivity index is 0.612. The highest BCUT2D eigenvalue weighted by atomic mass is 16.6. The fourth-order valence-electron chi connectivity index (χ4n) is 15.3. The van der Waals surface area contributed by atoms with Crippen molar-refractivity contribution in [2.75, 3.05) is 39.6 Å². The Bertz CT molecular complexity index is 4940. The first kappa shape index (κ1) is 60.4. The van der Waals surface area contributed by atoms with E-state index in [1.54, 1.807) is 12.2 Å². The highest BCUT2D eigenvalue weighted by molar-refractivity contribution is 6.06. The molecular weight excluding hydrogens is 1210 g/mol. The molecule has 4 unspecified atom stereocenters. The van der Waals surface area contributed by atoms with Crippen LogP contribution in [0.25, 0.3) is 55.6 Å². The van der Waals surface area contributed by atoms with Gasteiger partial charge in [0.1, 0.15) is 56.9 Å². The molecule has 5 aliphatic rings. The molecule has 15 nitrogen and oxygen atoms in total. The van der Waals surface area contributed by atoms with E-state index in [0.717, 1.165) is 66.8 Å². The van der Waals surface area contributed by atoms with E-state index in [1.807, 2.05) is 72.8 Å². The summed E-state index contributed by atoms with van der Waals surface area (Å²) in [6.45, 7) is 1.45. The quantitative estimate of drug-likeness (QED) is 0.0297. The summed E-state index contributed by atoms with van der Waals surface area (Å²) < 4.78 is 35.7. The maximum Gasteiger partial charge on any atom is 0.339 e. The first-order valence-electron chi connectivity index (χ1n) is 31.7. The summed E-state index contributed by atoms with van der Waals surface area (Å²) >= 11 is 0. The second-order valence-electron chi connectivity index (χ2n) is 24.5. The lowest BCUT2D eigenvalue weighted by molar-refractivity contribution is -0.158. The number of allylic oxidation sites excluding steroid dienone is 2. The molecule has 0 aromatic heterocycles. The number of carboxylic acids is 3. The van der Waals surface area contributed by atoms with Crippen molar-refractivity contribution in [2.24, 2.45) is 11.8 Å². The minimum absolute atomic E-state index is 0.0378. The number of ether oxygens (including phenoxy) is 6. The van der Waals surface area contributed by atoms with E-state index < -0.39 is 58.5 Å². The van der Waals surface area contributed by atoms with Crippen LogP contribution in [0.1, 0.15) is 104 Å². The van der Waals surface area contributed by atoms with Gasteiger partial charge in [0.25, 0.3) is 0 Å². The van der Waals surface area contributed by atoms with E-state index in [0.29, 0.717) is 23.7 Å². The van der Waals surface area contributed by atoms with Gasteiger partial charge in [-0.15, -0.1) is 0 Å². The smallest absolute Gasteiger partial charge is 0.339 e. The number of carboxylic acid groups (broad SMARTS) is 3. The maximum atomic E-state index is 13.8. The lowest BCUT2D eigenvalue weighted by Gasteiger charge is -2.30. The third kappa shape index (κ3) is 9.87. The molecule has 2 spiro atoms. The number of benzene rings is 10. The monoisotopic (exact) mass is 1270 g/mol. The predicted molar refractivity (Wildman–Crippen MR) is 357 cm³/mol. The van der Waals surface area contributed by atoms with Crippen molar-refractivity contribution in [2.45, 2.75) is 30.6 Å². The Morgan fingerprint density at radius 1 is 0.354 bits per heavy atom. The molecule has 474 valence electrons. The standard InChI is InChI=1S/C81H60O15/c1-46-22-28-56-52-12-4-8-18-66(52)80(70(56)40-46)67-19-9-5-13-53(67)57-31-25-49(43-71(57)80)93-36-39-96-79(90)65-42-48(23-29-61(65)75(84)85)47-24-30-63(64(41-47)76(86)87)78(89)95-38-35-92-51-27-33-59-55-15-7-11-21-69(55)81(73(59)45-51)68-20-10-6-14-54(68)58-32-26-50(44-72(58)81)91-34-37-94-77(88)62-17-3-2-16-60(62)74(82)83/h2-15,18-33,40-45,60,62H,16-17,34-39H2,1H3,(H,82,83)(H,84,85)(H,86,87). The Hall–Kier alpha value is -11.8. The first-order valence-corrected chi connectivity index (χ1v) is 31.7. The van der Waals surface area contributed by atoms with Crippen LogP contribution in [0, 0.1) is 18.8 Å². The zero-order chi connectivity index (χ0) is 66.0. The molecule has 3 N–H and O–H groups in total. The lowest BCUT2D eigenvalue weighted by atomic mass is 9.70. The third-order valence-corrected chi connectivity index (χ3v) is 19.3. The van der Waals surface area contributed by atoms with Crippen molar-refractivity contribution in [3.8, 4) is 72.9 Å². The molecule has 5 aliphatic carbocycles. The van der Waals surface area contributed by atoms with Crippen molar-refractivity contribution in [3.05, 3.63) is 291 Å². The van der Waals surface area contributed by atoms with E-state index >= 15 is 0 Å². The van der Waals surface area contributed by atoms with Gasteiger partial charge in [0, 0.05) is 0 Å². The number of rotatable bonds is 19. The van der Waals surface area contributed by atoms with Gasteiger partial charge in [0.2, 0.25) is 0 Å². The number of carbonyl (C=O) groups is 6. The minimum atomic E-state index is -1.43. The molecule has 15 heteroatoms. The maximum absolute atomic E-state index is 13.8. The van der Waals surface area contributed by atoms with Gasteiger partial charge in [0.15, 0.2) is 0 Å². The van der Waals surface area contributed by atoms with Crippen LogP contribution < -0.4 is 14.2 Å². The number of fused-ring (bicyclic) bond motifs is 20.